The highest BCUT2D eigenvalue weighted by Crippen LogP contribution is 2.22. The van der Waals surface area contributed by atoms with E-state index in [0.29, 0.717) is 5.75 Å². The summed E-state index contributed by atoms with van der Waals surface area (Å²) in [5, 5.41) is 2.83. The first kappa shape index (κ1) is 15.3. The molecule has 0 saturated carbocycles. The molecule has 3 nitrogen and oxygen atoms in total. The molecule has 5 heteroatoms. The lowest BCUT2D eigenvalue weighted by Gasteiger charge is -2.15. The van der Waals surface area contributed by atoms with Crippen molar-refractivity contribution in [2.45, 2.75) is 13.0 Å². The van der Waals surface area contributed by atoms with Gasteiger partial charge in [0.05, 0.1) is 5.69 Å². The number of anilines is 1. The largest absolute Gasteiger partial charge is 0.481 e. The van der Waals surface area contributed by atoms with Gasteiger partial charge in [0.25, 0.3) is 5.91 Å². The quantitative estimate of drug-likeness (QED) is 0.705. The van der Waals surface area contributed by atoms with E-state index in [2.05, 4.69) is 43.8 Å². The van der Waals surface area contributed by atoms with E-state index in [9.17, 15) is 4.79 Å². The van der Waals surface area contributed by atoms with Crippen LogP contribution in [0, 0.1) is 3.57 Å². The Labute approximate surface area is 140 Å². The van der Waals surface area contributed by atoms with Gasteiger partial charge >= 0.3 is 0 Å². The minimum atomic E-state index is -0.567. The van der Waals surface area contributed by atoms with Crippen LogP contribution in [0.2, 0.25) is 0 Å². The first-order valence-corrected chi connectivity index (χ1v) is 7.91. The van der Waals surface area contributed by atoms with Gasteiger partial charge in [-0.25, -0.2) is 0 Å². The summed E-state index contributed by atoms with van der Waals surface area (Å²) in [6, 6.07) is 15.0. The molecule has 1 amide bonds. The molecule has 0 unspecified atom stereocenters. The number of carbonyl (C=O) groups is 1. The van der Waals surface area contributed by atoms with E-state index in [4.69, 9.17) is 4.74 Å². The van der Waals surface area contributed by atoms with Crippen molar-refractivity contribution >= 4 is 50.1 Å². The first-order valence-electron chi connectivity index (χ1n) is 6.04. The standard InChI is InChI=1S/C15H13BrINO2/c1-10(20-12-8-6-11(17)7-9-12)15(19)18-14-5-3-2-4-13(14)16/h2-10H,1H3,(H,18,19)/t10-/m0/s1. The monoisotopic (exact) mass is 445 g/mol. The maximum Gasteiger partial charge on any atom is 0.265 e. The van der Waals surface area contributed by atoms with Gasteiger partial charge in [0.2, 0.25) is 0 Å². The van der Waals surface area contributed by atoms with Crippen LogP contribution in [0.25, 0.3) is 0 Å². The van der Waals surface area contributed by atoms with E-state index in [0.717, 1.165) is 13.7 Å². The van der Waals surface area contributed by atoms with Gasteiger partial charge in [-0.05, 0) is 81.8 Å². The van der Waals surface area contributed by atoms with E-state index < -0.39 is 6.10 Å². The van der Waals surface area contributed by atoms with Crippen molar-refractivity contribution in [1.29, 1.82) is 0 Å². The summed E-state index contributed by atoms with van der Waals surface area (Å²) in [4.78, 5) is 12.1. The van der Waals surface area contributed by atoms with Gasteiger partial charge in [-0.3, -0.25) is 4.79 Å². The topological polar surface area (TPSA) is 38.3 Å². The predicted molar refractivity (Wildman–Crippen MR) is 92.0 cm³/mol. The van der Waals surface area contributed by atoms with Crippen LogP contribution in [-0.2, 0) is 4.79 Å². The average molecular weight is 446 g/mol. The zero-order valence-corrected chi connectivity index (χ0v) is 14.5. The van der Waals surface area contributed by atoms with Gasteiger partial charge in [-0.15, -0.1) is 0 Å². The Morgan fingerprint density at radius 1 is 1.20 bits per heavy atom. The molecule has 104 valence electrons. The van der Waals surface area contributed by atoms with Crippen molar-refractivity contribution in [2.24, 2.45) is 0 Å². The zero-order valence-electron chi connectivity index (χ0n) is 10.8. The lowest BCUT2D eigenvalue weighted by atomic mass is 10.3. The molecule has 2 rings (SSSR count). The van der Waals surface area contributed by atoms with Crippen LogP contribution in [0.5, 0.6) is 5.75 Å². The molecule has 0 aromatic heterocycles. The average Bonchev–Trinajstić information content (AvgIpc) is 2.44. The second-order valence-electron chi connectivity index (χ2n) is 4.18. The van der Waals surface area contributed by atoms with Gasteiger partial charge in [-0.1, -0.05) is 12.1 Å². The third-order valence-electron chi connectivity index (χ3n) is 2.63. The number of rotatable bonds is 4. The van der Waals surface area contributed by atoms with Crippen LogP contribution in [0.3, 0.4) is 0 Å². The van der Waals surface area contributed by atoms with Crippen LogP contribution in [0.15, 0.2) is 53.0 Å². The molecule has 0 radical (unpaired) electrons. The summed E-state index contributed by atoms with van der Waals surface area (Å²) in [7, 11) is 0. The number of benzene rings is 2. The first-order chi connectivity index (χ1) is 9.56. The molecule has 20 heavy (non-hydrogen) atoms. The third kappa shape index (κ3) is 4.21. The fourth-order valence-corrected chi connectivity index (χ4v) is 2.31. The van der Waals surface area contributed by atoms with Crippen molar-refractivity contribution < 1.29 is 9.53 Å². The summed E-state index contributed by atoms with van der Waals surface area (Å²) < 4.78 is 7.58. The Kier molecular flexibility index (Phi) is 5.42. The third-order valence-corrected chi connectivity index (χ3v) is 4.04. The van der Waals surface area contributed by atoms with Gasteiger partial charge < -0.3 is 10.1 Å². The minimum Gasteiger partial charge on any atom is -0.481 e. The van der Waals surface area contributed by atoms with Crippen molar-refractivity contribution in [3.8, 4) is 5.75 Å². The number of amides is 1. The van der Waals surface area contributed by atoms with E-state index in [1.165, 1.54) is 0 Å². The van der Waals surface area contributed by atoms with Crippen LogP contribution >= 0.6 is 38.5 Å². The molecule has 0 spiro atoms. The predicted octanol–water partition coefficient (Wildman–Crippen LogP) is 4.46. The minimum absolute atomic E-state index is 0.185. The fraction of sp³-hybridized carbons (Fsp3) is 0.133. The van der Waals surface area contributed by atoms with Crippen molar-refractivity contribution in [2.75, 3.05) is 5.32 Å². The van der Waals surface area contributed by atoms with Gasteiger partial charge in [0.15, 0.2) is 6.10 Å². The molecular formula is C15H13BrINO2. The molecule has 0 saturated heterocycles. The van der Waals surface area contributed by atoms with E-state index in [1.807, 2.05) is 48.5 Å². The number of nitrogens with one attached hydrogen (secondary N) is 1. The molecule has 2 aromatic rings. The molecule has 0 fully saturated rings. The Morgan fingerprint density at radius 2 is 1.85 bits per heavy atom. The SMILES string of the molecule is C[C@H](Oc1ccc(I)cc1)C(=O)Nc1ccccc1Br. The molecule has 2 aromatic carbocycles. The Morgan fingerprint density at radius 3 is 2.50 bits per heavy atom. The Bertz CT molecular complexity index is 601. The number of halogens is 2. The number of hydrogen-bond donors (Lipinski definition) is 1. The van der Waals surface area contributed by atoms with Crippen molar-refractivity contribution in [1.82, 2.24) is 0 Å². The number of carbonyl (C=O) groups excluding carboxylic acids is 1. The van der Waals surface area contributed by atoms with Crippen LogP contribution < -0.4 is 10.1 Å². The molecule has 0 bridgehead atoms. The Balaban J connectivity index is 1.99. The number of para-hydroxylation sites is 1. The molecule has 0 aliphatic heterocycles. The van der Waals surface area contributed by atoms with Crippen molar-refractivity contribution in [3.63, 3.8) is 0 Å². The van der Waals surface area contributed by atoms with Gasteiger partial charge in [0, 0.05) is 8.04 Å². The van der Waals surface area contributed by atoms with Crippen LogP contribution in [0.1, 0.15) is 6.92 Å². The maximum atomic E-state index is 12.1. The molecular weight excluding hydrogens is 433 g/mol. The maximum absolute atomic E-state index is 12.1. The molecule has 0 heterocycles. The highest BCUT2D eigenvalue weighted by Gasteiger charge is 2.15. The summed E-state index contributed by atoms with van der Waals surface area (Å²) >= 11 is 5.61. The number of ether oxygens (including phenoxy) is 1. The summed E-state index contributed by atoms with van der Waals surface area (Å²) in [6.07, 6.45) is -0.567. The van der Waals surface area contributed by atoms with E-state index in [1.54, 1.807) is 6.92 Å². The normalized spacial score (nSPS) is 11.8. The molecule has 0 aliphatic carbocycles. The Hall–Kier alpha value is -1.08. The highest BCUT2D eigenvalue weighted by atomic mass is 127. The lowest BCUT2D eigenvalue weighted by molar-refractivity contribution is -0.122. The second kappa shape index (κ2) is 7.08. The van der Waals surface area contributed by atoms with E-state index >= 15 is 0 Å². The summed E-state index contributed by atoms with van der Waals surface area (Å²) in [5.74, 6) is 0.496. The van der Waals surface area contributed by atoms with Crippen LogP contribution in [0.4, 0.5) is 5.69 Å². The molecule has 0 aliphatic rings. The molecule has 1 N–H and O–H groups in total. The summed E-state index contributed by atoms with van der Waals surface area (Å²) in [6.45, 7) is 1.73. The number of hydrogen-bond acceptors (Lipinski definition) is 2. The smallest absolute Gasteiger partial charge is 0.265 e. The van der Waals surface area contributed by atoms with Crippen molar-refractivity contribution in [3.05, 3.63) is 56.6 Å². The van der Waals surface area contributed by atoms with Gasteiger partial charge in [0.1, 0.15) is 5.75 Å². The second-order valence-corrected chi connectivity index (χ2v) is 6.28. The van der Waals surface area contributed by atoms with Crippen LogP contribution in [-0.4, -0.2) is 12.0 Å². The molecule has 1 atom stereocenters. The zero-order chi connectivity index (χ0) is 14.5. The fourth-order valence-electron chi connectivity index (χ4n) is 1.57. The van der Waals surface area contributed by atoms with E-state index in [-0.39, 0.29) is 5.91 Å². The highest BCUT2D eigenvalue weighted by molar-refractivity contribution is 14.1. The van der Waals surface area contributed by atoms with Gasteiger partial charge in [-0.2, -0.15) is 0 Å². The lowest BCUT2D eigenvalue weighted by Crippen LogP contribution is -2.30. The summed E-state index contributed by atoms with van der Waals surface area (Å²) in [5.41, 5.74) is 0.732.